The fourth-order valence-corrected chi connectivity index (χ4v) is 1.76. The topological polar surface area (TPSA) is 72.8 Å². The molecule has 0 aromatic heterocycles. The molecule has 0 saturated carbocycles. The van der Waals surface area contributed by atoms with E-state index in [9.17, 15) is 14.7 Å². The molecular formula is C12H20O5. The Kier molecular flexibility index (Phi) is 4.27. The van der Waals surface area contributed by atoms with E-state index in [4.69, 9.17) is 9.47 Å². The van der Waals surface area contributed by atoms with E-state index < -0.39 is 11.4 Å². The van der Waals surface area contributed by atoms with Gasteiger partial charge in [-0.05, 0) is 27.2 Å². The first-order chi connectivity index (χ1) is 7.78. The fourth-order valence-electron chi connectivity index (χ4n) is 1.76. The molecule has 0 bridgehead atoms. The van der Waals surface area contributed by atoms with Gasteiger partial charge in [0, 0.05) is 13.0 Å². The van der Waals surface area contributed by atoms with Crippen molar-refractivity contribution in [3.8, 4) is 0 Å². The molecular weight excluding hydrogens is 224 g/mol. The maximum atomic E-state index is 11.8. The zero-order valence-corrected chi connectivity index (χ0v) is 10.6. The van der Waals surface area contributed by atoms with E-state index in [1.165, 1.54) is 0 Å². The lowest BCUT2D eigenvalue weighted by Gasteiger charge is -2.32. The predicted molar refractivity (Wildman–Crippen MR) is 60.8 cm³/mol. The summed E-state index contributed by atoms with van der Waals surface area (Å²) in [5, 5.41) is 9.23. The average Bonchev–Trinajstić information content (AvgIpc) is 2.18. The van der Waals surface area contributed by atoms with Crippen molar-refractivity contribution in [2.45, 2.75) is 39.2 Å². The van der Waals surface area contributed by atoms with E-state index in [1.54, 1.807) is 0 Å². The predicted octanol–water partition coefficient (Wildman–Crippen LogP) is 1.25. The second kappa shape index (κ2) is 5.14. The Morgan fingerprint density at radius 1 is 1.53 bits per heavy atom. The maximum Gasteiger partial charge on any atom is 0.319 e. The molecule has 1 rings (SSSR count). The van der Waals surface area contributed by atoms with Crippen LogP contribution >= 0.6 is 0 Å². The first-order valence-corrected chi connectivity index (χ1v) is 5.76. The number of Topliss-reactive ketones (excluding diaryl/α,β-unsaturated/α-hetero) is 1. The first-order valence-electron chi connectivity index (χ1n) is 5.76. The number of hydrogen-bond donors (Lipinski definition) is 1. The second-order valence-corrected chi connectivity index (χ2v) is 5.32. The Labute approximate surface area is 101 Å². The number of carbonyl (C=O) groups is 2. The molecule has 1 N–H and O–H groups in total. The van der Waals surface area contributed by atoms with Gasteiger partial charge < -0.3 is 14.6 Å². The number of carboxylic acids is 1. The van der Waals surface area contributed by atoms with Crippen LogP contribution in [0.5, 0.6) is 0 Å². The van der Waals surface area contributed by atoms with E-state index in [2.05, 4.69) is 0 Å². The summed E-state index contributed by atoms with van der Waals surface area (Å²) in [6.07, 6.45) is 0.334. The third-order valence-corrected chi connectivity index (χ3v) is 2.83. The SMILES string of the molecule is CC(C)(C)OCCC1(C(=O)O)COCCC1=O. The van der Waals surface area contributed by atoms with Crippen molar-refractivity contribution >= 4 is 11.8 Å². The monoisotopic (exact) mass is 244 g/mol. The molecule has 0 amide bonds. The number of hydrogen-bond acceptors (Lipinski definition) is 4. The normalized spacial score (nSPS) is 25.9. The molecule has 0 radical (unpaired) electrons. The Balaban J connectivity index is 2.66. The Morgan fingerprint density at radius 2 is 2.18 bits per heavy atom. The van der Waals surface area contributed by atoms with Crippen molar-refractivity contribution in [1.29, 1.82) is 0 Å². The summed E-state index contributed by atoms with van der Waals surface area (Å²) in [7, 11) is 0. The van der Waals surface area contributed by atoms with E-state index in [0.29, 0.717) is 6.61 Å². The van der Waals surface area contributed by atoms with Crippen LogP contribution in [0.1, 0.15) is 33.6 Å². The highest BCUT2D eigenvalue weighted by atomic mass is 16.5. The molecule has 1 aliphatic rings. The van der Waals surface area contributed by atoms with Gasteiger partial charge in [-0.1, -0.05) is 0 Å². The Bertz CT molecular complexity index is 305. The molecule has 0 spiro atoms. The lowest BCUT2D eigenvalue weighted by molar-refractivity contribution is -0.167. The van der Waals surface area contributed by atoms with Crippen molar-refractivity contribution in [3.05, 3.63) is 0 Å². The van der Waals surface area contributed by atoms with E-state index >= 15 is 0 Å². The van der Waals surface area contributed by atoms with E-state index in [0.717, 1.165) is 0 Å². The summed E-state index contributed by atoms with van der Waals surface area (Å²) in [4.78, 5) is 23.1. The fraction of sp³-hybridized carbons (Fsp3) is 0.833. The molecule has 0 aliphatic carbocycles. The third-order valence-electron chi connectivity index (χ3n) is 2.83. The van der Waals surface area contributed by atoms with E-state index in [1.807, 2.05) is 20.8 Å². The molecule has 98 valence electrons. The van der Waals surface area contributed by atoms with Crippen molar-refractivity contribution in [3.63, 3.8) is 0 Å². The minimum Gasteiger partial charge on any atom is -0.480 e. The molecule has 1 heterocycles. The quantitative estimate of drug-likeness (QED) is 0.753. The molecule has 0 aromatic carbocycles. The van der Waals surface area contributed by atoms with Crippen LogP contribution in [-0.2, 0) is 19.1 Å². The van der Waals surface area contributed by atoms with Crippen LogP contribution in [0.15, 0.2) is 0 Å². The highest BCUT2D eigenvalue weighted by molar-refractivity contribution is 6.03. The molecule has 1 saturated heterocycles. The highest BCUT2D eigenvalue weighted by Gasteiger charge is 2.47. The molecule has 1 unspecified atom stereocenters. The molecule has 5 nitrogen and oxygen atoms in total. The van der Waals surface area contributed by atoms with Gasteiger partial charge >= 0.3 is 5.97 Å². The second-order valence-electron chi connectivity index (χ2n) is 5.32. The minimum atomic E-state index is -1.41. The molecule has 1 aliphatic heterocycles. The lowest BCUT2D eigenvalue weighted by Crippen LogP contribution is -2.48. The van der Waals surface area contributed by atoms with Crippen LogP contribution in [0.25, 0.3) is 0 Å². The zero-order valence-electron chi connectivity index (χ0n) is 10.6. The van der Waals surface area contributed by atoms with Crippen molar-refractivity contribution in [1.82, 2.24) is 0 Å². The number of ether oxygens (including phenoxy) is 2. The maximum absolute atomic E-state index is 11.8. The average molecular weight is 244 g/mol. The molecule has 1 fully saturated rings. The summed E-state index contributed by atoms with van der Waals surface area (Å²) in [6.45, 7) is 6.17. The number of carbonyl (C=O) groups excluding carboxylic acids is 1. The van der Waals surface area contributed by atoms with Crippen molar-refractivity contribution in [2.24, 2.45) is 5.41 Å². The van der Waals surface area contributed by atoms with Crippen LogP contribution in [-0.4, -0.2) is 42.3 Å². The van der Waals surface area contributed by atoms with Gasteiger partial charge in [0.2, 0.25) is 0 Å². The summed E-state index contributed by atoms with van der Waals surface area (Å²) >= 11 is 0. The van der Waals surface area contributed by atoms with Gasteiger partial charge in [0.1, 0.15) is 0 Å². The van der Waals surface area contributed by atoms with Crippen molar-refractivity contribution < 1.29 is 24.2 Å². The Morgan fingerprint density at radius 3 is 2.65 bits per heavy atom. The van der Waals surface area contributed by atoms with Crippen LogP contribution in [0, 0.1) is 5.41 Å². The number of rotatable bonds is 4. The molecule has 17 heavy (non-hydrogen) atoms. The van der Waals surface area contributed by atoms with Gasteiger partial charge in [-0.15, -0.1) is 0 Å². The third kappa shape index (κ3) is 3.51. The summed E-state index contributed by atoms with van der Waals surface area (Å²) < 4.78 is 10.6. The van der Waals surface area contributed by atoms with Gasteiger partial charge in [0.15, 0.2) is 11.2 Å². The van der Waals surface area contributed by atoms with Gasteiger partial charge in [-0.3, -0.25) is 9.59 Å². The summed E-state index contributed by atoms with van der Waals surface area (Å²) in [5.74, 6) is -1.37. The Hall–Kier alpha value is -0.940. The summed E-state index contributed by atoms with van der Waals surface area (Å²) in [5.41, 5.74) is -1.75. The van der Waals surface area contributed by atoms with Gasteiger partial charge in [0.25, 0.3) is 0 Å². The smallest absolute Gasteiger partial charge is 0.319 e. The van der Waals surface area contributed by atoms with Crippen LogP contribution in [0.4, 0.5) is 0 Å². The van der Waals surface area contributed by atoms with Gasteiger partial charge in [0.05, 0.1) is 18.8 Å². The minimum absolute atomic E-state index is 0.0470. The standard InChI is InChI=1S/C12H20O5/c1-11(2,3)17-7-5-12(10(14)15)8-16-6-4-9(12)13/h4-8H2,1-3H3,(H,14,15). The van der Waals surface area contributed by atoms with Gasteiger partial charge in [-0.2, -0.15) is 0 Å². The van der Waals surface area contributed by atoms with Gasteiger partial charge in [-0.25, -0.2) is 0 Å². The first kappa shape index (κ1) is 14.1. The van der Waals surface area contributed by atoms with Crippen LogP contribution < -0.4 is 0 Å². The van der Waals surface area contributed by atoms with Crippen LogP contribution in [0.2, 0.25) is 0 Å². The largest absolute Gasteiger partial charge is 0.480 e. The number of ketones is 1. The van der Waals surface area contributed by atoms with Crippen molar-refractivity contribution in [2.75, 3.05) is 19.8 Å². The highest BCUT2D eigenvalue weighted by Crippen LogP contribution is 2.30. The summed E-state index contributed by atoms with van der Waals surface area (Å²) in [6, 6.07) is 0. The zero-order chi connectivity index (χ0) is 13.1. The molecule has 0 aromatic rings. The van der Waals surface area contributed by atoms with Crippen LogP contribution in [0.3, 0.4) is 0 Å². The molecule has 1 atom stereocenters. The number of aliphatic carboxylic acids is 1. The van der Waals surface area contributed by atoms with E-state index in [-0.39, 0.29) is 37.4 Å². The molecule has 5 heteroatoms. The lowest BCUT2D eigenvalue weighted by atomic mass is 9.78. The number of carboxylic acid groups (broad SMARTS) is 1.